The lowest BCUT2D eigenvalue weighted by molar-refractivity contribution is 0.292. The molecule has 0 bridgehead atoms. The zero-order chi connectivity index (χ0) is 17.8. The molecule has 7 heteroatoms. The summed E-state index contributed by atoms with van der Waals surface area (Å²) in [6.07, 6.45) is 4.09. The third-order valence-corrected chi connectivity index (χ3v) is 4.22. The quantitative estimate of drug-likeness (QED) is 0.844. The van der Waals surface area contributed by atoms with Crippen LogP contribution in [0.15, 0.2) is 30.6 Å². The van der Waals surface area contributed by atoms with Crippen molar-refractivity contribution < 1.29 is 19.2 Å². The minimum atomic E-state index is -0.718. The largest absolute Gasteiger partial charge is 0.492 e. The van der Waals surface area contributed by atoms with E-state index in [1.807, 2.05) is 19.1 Å². The van der Waals surface area contributed by atoms with Gasteiger partial charge in [-0.2, -0.15) is 5.26 Å². The Morgan fingerprint density at radius 2 is 2.20 bits per heavy atom. The zero-order valence-electron chi connectivity index (χ0n) is 14.2. The fourth-order valence-electron chi connectivity index (χ4n) is 3.00. The summed E-state index contributed by atoms with van der Waals surface area (Å²) in [7, 11) is 0.802. The number of aromatic nitrogens is 1. The normalized spacial score (nSPS) is 16.6. The zero-order valence-corrected chi connectivity index (χ0v) is 14.2. The first-order valence-corrected chi connectivity index (χ1v) is 8.16. The molecular weight excluding hydrogens is 319 g/mol. The number of ether oxygens (including phenoxy) is 2. The number of rotatable bonds is 5. The lowest BCUT2D eigenvalue weighted by Crippen LogP contribution is -2.07. The van der Waals surface area contributed by atoms with E-state index < -0.39 is 7.12 Å². The Hall–Kier alpha value is -2.56. The van der Waals surface area contributed by atoms with Gasteiger partial charge in [0.2, 0.25) is 0 Å². The molecule has 1 aliphatic heterocycles. The molecule has 0 unspecified atom stereocenters. The van der Waals surface area contributed by atoms with Crippen molar-refractivity contribution in [3.63, 3.8) is 0 Å². The van der Waals surface area contributed by atoms with E-state index in [4.69, 9.17) is 14.1 Å². The fourth-order valence-corrected chi connectivity index (χ4v) is 3.00. The Morgan fingerprint density at radius 1 is 1.36 bits per heavy atom. The van der Waals surface area contributed by atoms with Gasteiger partial charge in [0.05, 0.1) is 19.3 Å². The Bertz CT molecular complexity index is 806. The maximum absolute atomic E-state index is 9.56. The van der Waals surface area contributed by atoms with Crippen LogP contribution >= 0.6 is 0 Å². The van der Waals surface area contributed by atoms with E-state index in [1.54, 1.807) is 18.5 Å². The molecule has 2 aromatic rings. The van der Waals surface area contributed by atoms with Crippen molar-refractivity contribution in [1.82, 2.24) is 4.98 Å². The third-order valence-electron chi connectivity index (χ3n) is 4.22. The Kier molecular flexibility index (Phi) is 5.22. The van der Waals surface area contributed by atoms with Crippen molar-refractivity contribution in [2.75, 3.05) is 20.3 Å². The van der Waals surface area contributed by atoms with Gasteiger partial charge in [0.15, 0.2) is 11.5 Å². The lowest BCUT2D eigenvalue weighted by atomic mass is 9.80. The van der Waals surface area contributed by atoms with Crippen LogP contribution in [-0.4, -0.2) is 37.4 Å². The van der Waals surface area contributed by atoms with Gasteiger partial charge in [-0.05, 0) is 42.6 Å². The number of benzene rings is 1. The fraction of sp³-hybridized carbons (Fsp3) is 0.333. The van der Waals surface area contributed by atoms with Gasteiger partial charge in [-0.25, -0.2) is 0 Å². The second-order valence-electron chi connectivity index (χ2n) is 5.83. The summed E-state index contributed by atoms with van der Waals surface area (Å²) in [4.78, 5) is 4.31. The van der Waals surface area contributed by atoms with Crippen molar-refractivity contribution >= 4 is 7.12 Å². The highest BCUT2D eigenvalue weighted by Gasteiger charge is 2.30. The number of methoxy groups -OCH3 is 1. The molecule has 0 radical (unpaired) electrons. The first-order chi connectivity index (χ1) is 12.2. The minimum absolute atomic E-state index is 0.113. The maximum Gasteiger partial charge on any atom is 0.454 e. The van der Waals surface area contributed by atoms with Gasteiger partial charge in [-0.1, -0.05) is 0 Å². The minimum Gasteiger partial charge on any atom is -0.492 e. The second-order valence-corrected chi connectivity index (χ2v) is 5.83. The highest BCUT2D eigenvalue weighted by molar-refractivity contribution is 6.43. The van der Waals surface area contributed by atoms with Crippen molar-refractivity contribution in [1.29, 1.82) is 5.26 Å². The first kappa shape index (κ1) is 17.3. The molecule has 6 nitrogen and oxygen atoms in total. The van der Waals surface area contributed by atoms with Crippen LogP contribution in [0.3, 0.4) is 0 Å². The van der Waals surface area contributed by atoms with E-state index >= 15 is 0 Å². The van der Waals surface area contributed by atoms with Gasteiger partial charge in [0.25, 0.3) is 0 Å². The summed E-state index contributed by atoms with van der Waals surface area (Å²) < 4.78 is 16.2. The van der Waals surface area contributed by atoms with Crippen LogP contribution in [0, 0.1) is 11.3 Å². The van der Waals surface area contributed by atoms with Crippen LogP contribution in [0.25, 0.3) is 11.1 Å². The highest BCUT2D eigenvalue weighted by Crippen LogP contribution is 2.37. The molecule has 1 aromatic carbocycles. The van der Waals surface area contributed by atoms with Crippen LogP contribution in [0.1, 0.15) is 24.0 Å². The van der Waals surface area contributed by atoms with Gasteiger partial charge < -0.3 is 19.2 Å². The average Bonchev–Trinajstić information content (AvgIpc) is 3.08. The number of hydrogen-bond donors (Lipinski definition) is 1. The summed E-state index contributed by atoms with van der Waals surface area (Å²) in [5.74, 6) is 1.08. The molecule has 25 heavy (non-hydrogen) atoms. The van der Waals surface area contributed by atoms with Crippen molar-refractivity contribution in [3.05, 3.63) is 41.7 Å². The summed E-state index contributed by atoms with van der Waals surface area (Å²) in [6, 6.07) is 7.78. The molecule has 1 N–H and O–H groups in total. The van der Waals surface area contributed by atoms with Crippen molar-refractivity contribution in [2.45, 2.75) is 19.2 Å². The van der Waals surface area contributed by atoms with Crippen LogP contribution in [0.2, 0.25) is 6.32 Å². The molecule has 1 fully saturated rings. The Morgan fingerprint density at radius 3 is 2.84 bits per heavy atom. The third kappa shape index (κ3) is 3.60. The molecule has 0 amide bonds. The van der Waals surface area contributed by atoms with E-state index in [1.165, 1.54) is 7.11 Å². The molecule has 1 saturated heterocycles. The van der Waals surface area contributed by atoms with Crippen molar-refractivity contribution in [3.8, 4) is 28.7 Å². The summed E-state index contributed by atoms with van der Waals surface area (Å²) in [5.41, 5.74) is 3.11. The van der Waals surface area contributed by atoms with E-state index in [2.05, 4.69) is 11.1 Å². The summed E-state index contributed by atoms with van der Waals surface area (Å²) in [5, 5.41) is 19.0. The van der Waals surface area contributed by atoms with Gasteiger partial charge >= 0.3 is 7.12 Å². The Labute approximate surface area is 147 Å². The number of nitriles is 1. The van der Waals surface area contributed by atoms with Crippen LogP contribution < -0.4 is 9.47 Å². The number of nitrogens with zero attached hydrogens (tertiary/aromatic N) is 2. The van der Waals surface area contributed by atoms with Gasteiger partial charge in [0, 0.05) is 30.5 Å². The molecule has 2 heterocycles. The Balaban J connectivity index is 2.01. The molecule has 1 aromatic heterocycles. The predicted octanol–water partition coefficient (Wildman–Crippen LogP) is 2.62. The summed E-state index contributed by atoms with van der Waals surface area (Å²) >= 11 is 0. The van der Waals surface area contributed by atoms with E-state index in [0.29, 0.717) is 36.6 Å². The lowest BCUT2D eigenvalue weighted by Gasteiger charge is -2.14. The topological polar surface area (TPSA) is 84.6 Å². The standard InChI is InChI=1S/C18H19BN2O4/c1-3-24-17-6-12(4-13(8-20)18(17)23-2)14-5-15(10-21-9-14)16-7-19(22)25-11-16/h4-6,9-10,16,22H,3,7,11H2,1-2H3/t16-/m1/s1. The van der Waals surface area contributed by atoms with E-state index in [9.17, 15) is 10.3 Å². The highest BCUT2D eigenvalue weighted by atomic mass is 16.5. The molecular formula is C18H19BN2O4. The first-order valence-electron chi connectivity index (χ1n) is 8.16. The van der Waals surface area contributed by atoms with Crippen LogP contribution in [-0.2, 0) is 4.65 Å². The molecule has 3 rings (SSSR count). The molecule has 0 spiro atoms. The maximum atomic E-state index is 9.56. The second kappa shape index (κ2) is 7.56. The van der Waals surface area contributed by atoms with Crippen LogP contribution in [0.4, 0.5) is 0 Å². The van der Waals surface area contributed by atoms with Crippen LogP contribution in [0.5, 0.6) is 11.5 Å². The van der Waals surface area contributed by atoms with Crippen molar-refractivity contribution in [2.24, 2.45) is 0 Å². The molecule has 0 aliphatic carbocycles. The molecule has 1 atom stereocenters. The van der Waals surface area contributed by atoms with Gasteiger partial charge in [-0.3, -0.25) is 4.98 Å². The molecule has 128 valence electrons. The molecule has 0 saturated carbocycles. The average molecular weight is 338 g/mol. The van der Waals surface area contributed by atoms with Gasteiger partial charge in [-0.15, -0.1) is 0 Å². The number of pyridine rings is 1. The smallest absolute Gasteiger partial charge is 0.454 e. The van der Waals surface area contributed by atoms with Gasteiger partial charge in [0.1, 0.15) is 6.07 Å². The number of hydrogen-bond acceptors (Lipinski definition) is 6. The monoisotopic (exact) mass is 338 g/mol. The molecule has 1 aliphatic rings. The summed E-state index contributed by atoms with van der Waals surface area (Å²) in [6.45, 7) is 2.83. The van der Waals surface area contributed by atoms with E-state index in [-0.39, 0.29) is 5.92 Å². The predicted molar refractivity (Wildman–Crippen MR) is 93.6 cm³/mol. The van der Waals surface area contributed by atoms with E-state index in [0.717, 1.165) is 16.7 Å². The SMILES string of the molecule is CCOc1cc(-c2cncc([C@H]3COB(O)C3)c2)cc(C#N)c1OC.